The van der Waals surface area contributed by atoms with E-state index in [0.29, 0.717) is 16.8 Å². The third kappa shape index (κ3) is 6.49. The zero-order chi connectivity index (χ0) is 24.2. The molecule has 33 heavy (non-hydrogen) atoms. The second kappa shape index (κ2) is 9.84. The Balaban J connectivity index is 1.77. The van der Waals surface area contributed by atoms with Gasteiger partial charge in [-0.25, -0.2) is 8.42 Å². The van der Waals surface area contributed by atoms with Crippen molar-refractivity contribution >= 4 is 33.0 Å². The van der Waals surface area contributed by atoms with Crippen molar-refractivity contribution < 1.29 is 31.1 Å². The molecule has 1 amide bonds. The maximum Gasteiger partial charge on any atom is 0.573 e. The van der Waals surface area contributed by atoms with Crippen molar-refractivity contribution in [3.05, 3.63) is 77.3 Å². The van der Waals surface area contributed by atoms with E-state index in [1.807, 2.05) is 0 Å². The van der Waals surface area contributed by atoms with Gasteiger partial charge in [0.15, 0.2) is 9.84 Å². The predicted octanol–water partition coefficient (Wildman–Crippen LogP) is 5.88. The number of benzene rings is 3. The first-order valence-electron chi connectivity index (χ1n) is 9.75. The van der Waals surface area contributed by atoms with E-state index in [1.165, 1.54) is 55.5 Å². The molecule has 0 aliphatic carbocycles. The Morgan fingerprint density at radius 1 is 1.00 bits per heavy atom. The normalized spacial score (nSPS) is 11.8. The molecule has 0 aromatic heterocycles. The van der Waals surface area contributed by atoms with Crippen molar-refractivity contribution in [2.45, 2.75) is 24.6 Å². The first-order valence-corrected chi connectivity index (χ1v) is 11.8. The predicted molar refractivity (Wildman–Crippen MR) is 120 cm³/mol. The van der Waals surface area contributed by atoms with Crippen LogP contribution in [0.25, 0.3) is 11.1 Å². The van der Waals surface area contributed by atoms with Gasteiger partial charge >= 0.3 is 6.36 Å². The van der Waals surface area contributed by atoms with Crippen molar-refractivity contribution in [2.24, 2.45) is 0 Å². The van der Waals surface area contributed by atoms with Gasteiger partial charge in [0.05, 0.1) is 22.1 Å². The van der Waals surface area contributed by atoms with E-state index in [4.69, 9.17) is 11.6 Å². The van der Waals surface area contributed by atoms with Crippen molar-refractivity contribution in [1.82, 2.24) is 0 Å². The van der Waals surface area contributed by atoms with Gasteiger partial charge in [-0.2, -0.15) is 0 Å². The Morgan fingerprint density at radius 2 is 1.73 bits per heavy atom. The molecule has 0 bridgehead atoms. The maximum atomic E-state index is 12.7. The van der Waals surface area contributed by atoms with Crippen LogP contribution in [0.1, 0.15) is 12.5 Å². The first kappa shape index (κ1) is 24.6. The number of nitrogens with one attached hydrogen (secondary N) is 1. The van der Waals surface area contributed by atoms with Gasteiger partial charge in [0.2, 0.25) is 5.91 Å². The molecule has 0 atom stereocenters. The Kier molecular flexibility index (Phi) is 7.34. The molecule has 0 aliphatic rings. The van der Waals surface area contributed by atoms with Gasteiger partial charge in [-0.3, -0.25) is 4.79 Å². The molecule has 0 aliphatic heterocycles. The molecule has 0 fully saturated rings. The zero-order valence-electron chi connectivity index (χ0n) is 17.3. The summed E-state index contributed by atoms with van der Waals surface area (Å²) < 4.78 is 66.2. The number of hydrogen-bond acceptors (Lipinski definition) is 4. The fourth-order valence-electron chi connectivity index (χ4n) is 3.12. The maximum absolute atomic E-state index is 12.7. The summed E-state index contributed by atoms with van der Waals surface area (Å²) in [5.74, 6) is -0.860. The van der Waals surface area contributed by atoms with Crippen LogP contribution in [0.15, 0.2) is 71.6 Å². The largest absolute Gasteiger partial charge is 0.573 e. The van der Waals surface area contributed by atoms with Gasteiger partial charge in [0.1, 0.15) is 5.75 Å². The third-order valence-corrected chi connectivity index (χ3v) is 6.70. The summed E-state index contributed by atoms with van der Waals surface area (Å²) >= 11 is 6.28. The Morgan fingerprint density at radius 3 is 2.39 bits per heavy atom. The minimum Gasteiger partial charge on any atom is -0.405 e. The number of halogens is 4. The lowest BCUT2D eigenvalue weighted by atomic mass is 10.0. The second-order valence-corrected chi connectivity index (χ2v) is 9.70. The topological polar surface area (TPSA) is 72.5 Å². The molecule has 0 saturated carbocycles. The number of rotatable bonds is 7. The molecule has 0 radical (unpaired) electrons. The molecular formula is C23H19ClF3NO4S. The van der Waals surface area contributed by atoms with Crippen LogP contribution in [0.2, 0.25) is 5.02 Å². The summed E-state index contributed by atoms with van der Waals surface area (Å²) in [6.07, 6.45) is -4.93. The van der Waals surface area contributed by atoms with Gasteiger partial charge in [-0.1, -0.05) is 54.9 Å². The Labute approximate surface area is 194 Å². The summed E-state index contributed by atoms with van der Waals surface area (Å²) in [7, 11) is -3.40. The van der Waals surface area contributed by atoms with Crippen molar-refractivity contribution in [1.29, 1.82) is 0 Å². The SMILES string of the molecule is CCS(=O)(=O)c1cccc(CC(=O)Nc2ccc(-c3ccccc3OC(F)(F)F)c(Cl)c2)c1. The third-order valence-electron chi connectivity index (χ3n) is 4.66. The number of hydrogen-bond donors (Lipinski definition) is 1. The standard InChI is InChI=1S/C23H19ClF3NO4S/c1-2-33(30,31)17-7-5-6-15(12-17)13-22(29)28-16-10-11-18(20(24)14-16)19-8-3-4-9-21(19)32-23(25,26)27/h3-12,14H,2,13H2,1H3,(H,28,29). The number of carbonyl (C=O) groups excluding carboxylic acids is 1. The monoisotopic (exact) mass is 497 g/mol. The highest BCUT2D eigenvalue weighted by Crippen LogP contribution is 2.38. The molecule has 3 rings (SSSR count). The number of sulfone groups is 1. The van der Waals surface area contributed by atoms with E-state index in [1.54, 1.807) is 18.2 Å². The van der Waals surface area contributed by atoms with E-state index in [-0.39, 0.29) is 27.7 Å². The molecular weight excluding hydrogens is 479 g/mol. The highest BCUT2D eigenvalue weighted by molar-refractivity contribution is 7.91. The van der Waals surface area contributed by atoms with E-state index in [2.05, 4.69) is 10.1 Å². The second-order valence-electron chi connectivity index (χ2n) is 7.01. The van der Waals surface area contributed by atoms with Crippen LogP contribution >= 0.6 is 11.6 Å². The smallest absolute Gasteiger partial charge is 0.405 e. The Bertz CT molecular complexity index is 1280. The van der Waals surface area contributed by atoms with E-state index in [0.717, 1.165) is 0 Å². The fourth-order valence-corrected chi connectivity index (χ4v) is 4.35. The zero-order valence-corrected chi connectivity index (χ0v) is 18.9. The van der Waals surface area contributed by atoms with Crippen LogP contribution in [0.5, 0.6) is 5.75 Å². The minimum atomic E-state index is -4.86. The molecule has 3 aromatic carbocycles. The van der Waals surface area contributed by atoms with Crippen LogP contribution in [-0.4, -0.2) is 26.4 Å². The fraction of sp³-hybridized carbons (Fsp3) is 0.174. The minimum absolute atomic E-state index is 0.0510. The van der Waals surface area contributed by atoms with Crippen molar-refractivity contribution in [3.8, 4) is 16.9 Å². The Hall–Kier alpha value is -3.04. The molecule has 174 valence electrons. The first-order chi connectivity index (χ1) is 15.5. The number of carbonyl (C=O) groups is 1. The van der Waals surface area contributed by atoms with Crippen LogP contribution in [0.3, 0.4) is 0 Å². The number of anilines is 1. The van der Waals surface area contributed by atoms with Crippen molar-refractivity contribution in [3.63, 3.8) is 0 Å². The van der Waals surface area contributed by atoms with E-state index in [9.17, 15) is 26.4 Å². The molecule has 5 nitrogen and oxygen atoms in total. The molecule has 0 spiro atoms. The van der Waals surface area contributed by atoms with Crippen LogP contribution in [0.4, 0.5) is 18.9 Å². The number of amides is 1. The average Bonchev–Trinajstić information content (AvgIpc) is 2.73. The molecule has 0 heterocycles. The number of ether oxygens (including phenoxy) is 1. The summed E-state index contributed by atoms with van der Waals surface area (Å²) in [6.45, 7) is 1.54. The van der Waals surface area contributed by atoms with Crippen molar-refractivity contribution in [2.75, 3.05) is 11.1 Å². The molecule has 0 saturated heterocycles. The molecule has 10 heteroatoms. The number of para-hydroxylation sites is 1. The van der Waals surface area contributed by atoms with Gasteiger partial charge in [0.25, 0.3) is 0 Å². The van der Waals surface area contributed by atoms with Crippen LogP contribution in [-0.2, 0) is 21.1 Å². The summed E-state index contributed by atoms with van der Waals surface area (Å²) in [5.41, 5.74) is 1.29. The highest BCUT2D eigenvalue weighted by atomic mass is 35.5. The summed E-state index contributed by atoms with van der Waals surface area (Å²) in [5, 5.41) is 2.76. The lowest BCUT2D eigenvalue weighted by Gasteiger charge is -2.15. The molecule has 0 unspecified atom stereocenters. The van der Waals surface area contributed by atoms with Gasteiger partial charge in [-0.05, 0) is 35.9 Å². The summed E-state index contributed by atoms with van der Waals surface area (Å²) in [6, 6.07) is 16.1. The molecule has 1 N–H and O–H groups in total. The van der Waals surface area contributed by atoms with E-state index >= 15 is 0 Å². The van der Waals surface area contributed by atoms with Gasteiger partial charge in [-0.15, -0.1) is 13.2 Å². The van der Waals surface area contributed by atoms with Crippen LogP contribution in [0, 0.1) is 0 Å². The lowest BCUT2D eigenvalue weighted by Crippen LogP contribution is -2.17. The van der Waals surface area contributed by atoms with E-state index < -0.39 is 27.9 Å². The lowest BCUT2D eigenvalue weighted by molar-refractivity contribution is -0.274. The van der Waals surface area contributed by atoms with Gasteiger partial charge in [0, 0.05) is 16.8 Å². The quantitative estimate of drug-likeness (QED) is 0.442. The highest BCUT2D eigenvalue weighted by Gasteiger charge is 2.32. The average molecular weight is 498 g/mol. The number of alkyl halides is 3. The summed E-state index contributed by atoms with van der Waals surface area (Å²) in [4.78, 5) is 12.6. The van der Waals surface area contributed by atoms with Crippen LogP contribution < -0.4 is 10.1 Å². The van der Waals surface area contributed by atoms with Gasteiger partial charge < -0.3 is 10.1 Å². The molecule has 3 aromatic rings.